The third kappa shape index (κ3) is 5.04. The Labute approximate surface area is 199 Å². The Morgan fingerprint density at radius 1 is 1.18 bits per heavy atom. The van der Waals surface area contributed by atoms with Crippen molar-refractivity contribution >= 4 is 28.1 Å². The van der Waals surface area contributed by atoms with E-state index in [1.807, 2.05) is 24.3 Å². The van der Waals surface area contributed by atoms with Crippen LogP contribution < -0.4 is 14.4 Å². The number of benzene rings is 2. The van der Waals surface area contributed by atoms with Crippen LogP contribution in [0.1, 0.15) is 49.6 Å². The van der Waals surface area contributed by atoms with E-state index in [1.165, 1.54) is 16.9 Å². The third-order valence-corrected chi connectivity index (χ3v) is 7.05. The zero-order chi connectivity index (χ0) is 23.4. The molecule has 1 aliphatic heterocycles. The summed E-state index contributed by atoms with van der Waals surface area (Å²) in [6.45, 7) is 5.42. The zero-order valence-electron chi connectivity index (χ0n) is 19.7. The molecule has 33 heavy (non-hydrogen) atoms. The summed E-state index contributed by atoms with van der Waals surface area (Å²) in [6.07, 6.45) is 3.14. The maximum absolute atomic E-state index is 12.5. The lowest BCUT2D eigenvalue weighted by Crippen LogP contribution is -2.24. The normalized spacial score (nSPS) is 16.1. The standard InChI is InChI=1S/C26H31N3O3S/c1-5-19-8-10-21(11-9-19)29(18(2)30)26-27-20(17-33-26)16-28-14-6-7-24(28)23-15-22(31-3)12-13-25(23)32-4/h8-13,15,17,24H,5-7,14,16H2,1-4H3. The number of hydrogen-bond donors (Lipinski definition) is 0. The molecule has 2 heterocycles. The van der Waals surface area contributed by atoms with Crippen LogP contribution in [0.25, 0.3) is 0 Å². The maximum Gasteiger partial charge on any atom is 0.230 e. The van der Waals surface area contributed by atoms with Crippen molar-refractivity contribution < 1.29 is 14.3 Å². The average Bonchev–Trinajstić information content (AvgIpc) is 3.49. The Bertz CT molecular complexity index is 1100. The minimum Gasteiger partial charge on any atom is -0.497 e. The predicted octanol–water partition coefficient (Wildman–Crippen LogP) is 5.74. The quantitative estimate of drug-likeness (QED) is 0.424. The number of carbonyl (C=O) groups is 1. The topological polar surface area (TPSA) is 54.9 Å². The first kappa shape index (κ1) is 23.3. The molecule has 1 aliphatic rings. The smallest absolute Gasteiger partial charge is 0.230 e. The molecule has 1 aromatic heterocycles. The molecule has 0 saturated carbocycles. The van der Waals surface area contributed by atoms with Crippen molar-refractivity contribution in [1.82, 2.24) is 9.88 Å². The van der Waals surface area contributed by atoms with Crippen molar-refractivity contribution in [1.29, 1.82) is 0 Å². The van der Waals surface area contributed by atoms with E-state index in [1.54, 1.807) is 26.0 Å². The molecule has 4 rings (SSSR count). The van der Waals surface area contributed by atoms with Gasteiger partial charge in [0.15, 0.2) is 5.13 Å². The minimum absolute atomic E-state index is 0.0414. The zero-order valence-corrected chi connectivity index (χ0v) is 20.5. The number of hydrogen-bond acceptors (Lipinski definition) is 6. The lowest BCUT2D eigenvalue weighted by molar-refractivity contribution is -0.115. The number of aryl methyl sites for hydroxylation is 1. The Balaban J connectivity index is 1.55. The van der Waals surface area contributed by atoms with E-state index in [4.69, 9.17) is 14.5 Å². The van der Waals surface area contributed by atoms with Gasteiger partial charge in [-0.25, -0.2) is 4.98 Å². The number of aromatic nitrogens is 1. The summed E-state index contributed by atoms with van der Waals surface area (Å²) in [5, 5.41) is 2.76. The number of ether oxygens (including phenoxy) is 2. The van der Waals surface area contributed by atoms with Gasteiger partial charge in [-0.1, -0.05) is 19.1 Å². The maximum atomic E-state index is 12.5. The number of nitrogens with zero attached hydrogens (tertiary/aromatic N) is 3. The minimum atomic E-state index is -0.0414. The van der Waals surface area contributed by atoms with Gasteiger partial charge in [0.25, 0.3) is 0 Å². The molecule has 0 spiro atoms. The number of rotatable bonds is 8. The highest BCUT2D eigenvalue weighted by atomic mass is 32.1. The van der Waals surface area contributed by atoms with Gasteiger partial charge in [0, 0.05) is 30.5 Å². The molecule has 7 heteroatoms. The highest BCUT2D eigenvalue weighted by Crippen LogP contribution is 2.40. The summed E-state index contributed by atoms with van der Waals surface area (Å²) in [7, 11) is 3.39. The second kappa shape index (κ2) is 10.4. The van der Waals surface area contributed by atoms with Crippen molar-refractivity contribution in [3.8, 4) is 11.5 Å². The Kier molecular flexibility index (Phi) is 7.30. The fourth-order valence-corrected chi connectivity index (χ4v) is 5.33. The second-order valence-electron chi connectivity index (χ2n) is 8.23. The molecule has 1 atom stereocenters. The molecule has 0 bridgehead atoms. The number of thiazole rings is 1. The number of anilines is 2. The second-order valence-corrected chi connectivity index (χ2v) is 9.07. The van der Waals surface area contributed by atoms with E-state index < -0.39 is 0 Å². The number of methoxy groups -OCH3 is 2. The first-order valence-electron chi connectivity index (χ1n) is 11.3. The summed E-state index contributed by atoms with van der Waals surface area (Å²) >= 11 is 1.51. The van der Waals surface area contributed by atoms with Gasteiger partial charge in [-0.2, -0.15) is 0 Å². The van der Waals surface area contributed by atoms with Gasteiger partial charge in [0.2, 0.25) is 5.91 Å². The number of amides is 1. The van der Waals surface area contributed by atoms with Crippen LogP contribution in [0.5, 0.6) is 11.5 Å². The fourth-order valence-electron chi connectivity index (χ4n) is 4.45. The van der Waals surface area contributed by atoms with Gasteiger partial charge < -0.3 is 9.47 Å². The van der Waals surface area contributed by atoms with Gasteiger partial charge in [-0.05, 0) is 61.7 Å². The van der Waals surface area contributed by atoms with Crippen LogP contribution in [-0.4, -0.2) is 36.6 Å². The fraction of sp³-hybridized carbons (Fsp3) is 0.385. The summed E-state index contributed by atoms with van der Waals surface area (Å²) < 4.78 is 11.1. The third-order valence-electron chi connectivity index (χ3n) is 6.17. The summed E-state index contributed by atoms with van der Waals surface area (Å²) in [4.78, 5) is 21.5. The van der Waals surface area contributed by atoms with Gasteiger partial charge in [-0.3, -0.25) is 14.6 Å². The van der Waals surface area contributed by atoms with Crippen molar-refractivity contribution in [2.75, 3.05) is 25.7 Å². The van der Waals surface area contributed by atoms with Crippen molar-refractivity contribution in [2.45, 2.75) is 45.7 Å². The van der Waals surface area contributed by atoms with Crippen molar-refractivity contribution in [3.63, 3.8) is 0 Å². The Morgan fingerprint density at radius 3 is 2.64 bits per heavy atom. The van der Waals surface area contributed by atoms with Crippen molar-refractivity contribution in [2.24, 2.45) is 0 Å². The number of likely N-dealkylation sites (tertiary alicyclic amines) is 1. The lowest BCUT2D eigenvalue weighted by atomic mass is 10.0. The van der Waals surface area contributed by atoms with Crippen LogP contribution in [0.15, 0.2) is 47.8 Å². The van der Waals surface area contributed by atoms with E-state index in [-0.39, 0.29) is 11.9 Å². The molecule has 1 saturated heterocycles. The summed E-state index contributed by atoms with van der Waals surface area (Å²) in [5.41, 5.74) is 4.21. The monoisotopic (exact) mass is 465 g/mol. The molecule has 0 aliphatic carbocycles. The van der Waals surface area contributed by atoms with Crippen LogP contribution >= 0.6 is 11.3 Å². The van der Waals surface area contributed by atoms with Crippen LogP contribution in [0.4, 0.5) is 10.8 Å². The van der Waals surface area contributed by atoms with Crippen LogP contribution in [0, 0.1) is 0 Å². The highest BCUT2D eigenvalue weighted by Gasteiger charge is 2.29. The van der Waals surface area contributed by atoms with Gasteiger partial charge in [-0.15, -0.1) is 11.3 Å². The molecule has 2 aromatic carbocycles. The molecule has 1 unspecified atom stereocenters. The summed E-state index contributed by atoms with van der Waals surface area (Å²) in [6, 6.07) is 14.3. The first-order chi connectivity index (χ1) is 16.0. The van der Waals surface area contributed by atoms with Gasteiger partial charge >= 0.3 is 0 Å². The van der Waals surface area contributed by atoms with Gasteiger partial charge in [0.05, 0.1) is 25.6 Å². The summed E-state index contributed by atoms with van der Waals surface area (Å²) in [5.74, 6) is 1.67. The molecular formula is C26H31N3O3S. The van der Waals surface area contributed by atoms with Crippen LogP contribution in [-0.2, 0) is 17.8 Å². The average molecular weight is 466 g/mol. The van der Waals surface area contributed by atoms with E-state index >= 15 is 0 Å². The molecule has 3 aromatic rings. The largest absolute Gasteiger partial charge is 0.497 e. The molecular weight excluding hydrogens is 434 g/mol. The Hall–Kier alpha value is -2.90. The first-order valence-corrected chi connectivity index (χ1v) is 12.2. The van der Waals surface area contributed by atoms with E-state index in [0.29, 0.717) is 5.13 Å². The van der Waals surface area contributed by atoms with Gasteiger partial charge in [0.1, 0.15) is 11.5 Å². The van der Waals surface area contributed by atoms with Crippen LogP contribution in [0.3, 0.4) is 0 Å². The SMILES string of the molecule is CCc1ccc(N(C(C)=O)c2nc(CN3CCCC3c3cc(OC)ccc3OC)cs2)cc1. The molecule has 1 amide bonds. The molecule has 174 valence electrons. The predicted molar refractivity (Wildman–Crippen MR) is 133 cm³/mol. The highest BCUT2D eigenvalue weighted by molar-refractivity contribution is 7.14. The molecule has 6 nitrogen and oxygen atoms in total. The number of carbonyl (C=O) groups excluding carboxylic acids is 1. The lowest BCUT2D eigenvalue weighted by Gasteiger charge is -2.26. The molecule has 0 N–H and O–H groups in total. The molecule has 0 radical (unpaired) electrons. The van der Waals surface area contributed by atoms with Crippen molar-refractivity contribution in [3.05, 3.63) is 64.7 Å². The molecule has 1 fully saturated rings. The van der Waals surface area contributed by atoms with Crippen LogP contribution in [0.2, 0.25) is 0 Å². The Morgan fingerprint density at radius 2 is 1.97 bits per heavy atom. The van der Waals surface area contributed by atoms with E-state index in [2.05, 4.69) is 35.4 Å². The van der Waals surface area contributed by atoms with E-state index in [9.17, 15) is 4.79 Å². The van der Waals surface area contributed by atoms with E-state index in [0.717, 1.165) is 60.8 Å².